The average Bonchev–Trinajstić information content (AvgIpc) is 2.54. The molecule has 0 unspecified atom stereocenters. The van der Waals surface area contributed by atoms with Crippen molar-refractivity contribution in [3.8, 4) is 0 Å². The molecule has 9 heteroatoms. The summed E-state index contributed by atoms with van der Waals surface area (Å²) >= 11 is 3.16. The second kappa shape index (κ2) is 14.2. The molecule has 1 heterocycles. The van der Waals surface area contributed by atoms with Gasteiger partial charge in [-0.05, 0) is 25.9 Å². The summed E-state index contributed by atoms with van der Waals surface area (Å²) in [7, 11) is 3.43. The largest absolute Gasteiger partial charge is 0.385 e. The Labute approximate surface area is 140 Å². The van der Waals surface area contributed by atoms with Crippen molar-refractivity contribution in [2.24, 2.45) is 0 Å². The lowest BCUT2D eigenvalue weighted by Crippen LogP contribution is -2.16. The first kappa shape index (κ1) is 19.6. The first-order chi connectivity index (χ1) is 10.9. The molecule has 1 rings (SSSR count). The fraction of sp³-hybridized carbons (Fsp3) is 0.769. The van der Waals surface area contributed by atoms with Gasteiger partial charge in [-0.15, -0.1) is 0 Å². The third-order valence-corrected chi connectivity index (χ3v) is 4.15. The molecule has 0 aromatic carbocycles. The summed E-state index contributed by atoms with van der Waals surface area (Å²) in [5.41, 5.74) is 0. The number of methoxy groups -OCH3 is 2. The topological polar surface area (TPSA) is 81.2 Å². The SMILES string of the molecule is COCCCNCSc1ncnc(SCNCCCOC)n1. The van der Waals surface area contributed by atoms with Gasteiger partial charge in [0.15, 0.2) is 10.3 Å². The van der Waals surface area contributed by atoms with Crippen molar-refractivity contribution >= 4 is 23.5 Å². The van der Waals surface area contributed by atoms with Crippen LogP contribution in [0, 0.1) is 0 Å². The van der Waals surface area contributed by atoms with Crippen molar-refractivity contribution in [1.82, 2.24) is 25.6 Å². The summed E-state index contributed by atoms with van der Waals surface area (Å²) in [5, 5.41) is 8.12. The Hall–Kier alpha value is -0.450. The molecular formula is C13H25N5O2S2. The predicted octanol–water partition coefficient (Wildman–Crippen LogP) is 1.22. The normalized spacial score (nSPS) is 11.0. The second-order valence-electron chi connectivity index (χ2n) is 4.32. The van der Waals surface area contributed by atoms with Gasteiger partial charge in [-0.1, -0.05) is 23.5 Å². The van der Waals surface area contributed by atoms with Gasteiger partial charge in [0.2, 0.25) is 0 Å². The van der Waals surface area contributed by atoms with E-state index in [2.05, 4.69) is 25.6 Å². The van der Waals surface area contributed by atoms with Crippen LogP contribution in [0.5, 0.6) is 0 Å². The fourth-order valence-corrected chi connectivity index (χ4v) is 2.82. The first-order valence-electron chi connectivity index (χ1n) is 7.20. The van der Waals surface area contributed by atoms with E-state index in [0.29, 0.717) is 0 Å². The quantitative estimate of drug-likeness (QED) is 0.293. The number of rotatable bonds is 14. The number of hydrogen-bond donors (Lipinski definition) is 2. The second-order valence-corrected chi connectivity index (χ2v) is 6.21. The minimum absolute atomic E-state index is 0.746. The van der Waals surface area contributed by atoms with Crippen molar-refractivity contribution in [3.63, 3.8) is 0 Å². The van der Waals surface area contributed by atoms with Crippen LogP contribution in [0.3, 0.4) is 0 Å². The van der Waals surface area contributed by atoms with Crippen molar-refractivity contribution in [2.75, 3.05) is 52.3 Å². The van der Waals surface area contributed by atoms with Crippen LogP contribution in [-0.4, -0.2) is 67.2 Å². The molecule has 0 aliphatic carbocycles. The third-order valence-electron chi connectivity index (χ3n) is 2.54. The average molecular weight is 348 g/mol. The van der Waals surface area contributed by atoms with Crippen LogP contribution in [-0.2, 0) is 9.47 Å². The van der Waals surface area contributed by atoms with E-state index >= 15 is 0 Å². The Kier molecular flexibility index (Phi) is 12.6. The lowest BCUT2D eigenvalue weighted by molar-refractivity contribution is 0.195. The zero-order chi connectivity index (χ0) is 15.9. The van der Waals surface area contributed by atoms with Crippen molar-refractivity contribution in [3.05, 3.63) is 6.33 Å². The predicted molar refractivity (Wildman–Crippen MR) is 90.3 cm³/mol. The minimum atomic E-state index is 0.746. The van der Waals surface area contributed by atoms with Gasteiger partial charge in [0.25, 0.3) is 0 Å². The maximum atomic E-state index is 5.00. The molecule has 0 spiro atoms. The molecule has 0 bridgehead atoms. The molecule has 1 aromatic heterocycles. The van der Waals surface area contributed by atoms with E-state index in [1.54, 1.807) is 44.1 Å². The van der Waals surface area contributed by atoms with E-state index in [1.807, 2.05) is 0 Å². The lowest BCUT2D eigenvalue weighted by Gasteiger charge is -2.05. The lowest BCUT2D eigenvalue weighted by atomic mass is 10.5. The molecule has 0 saturated heterocycles. The molecule has 7 nitrogen and oxygen atoms in total. The van der Waals surface area contributed by atoms with Gasteiger partial charge < -0.3 is 20.1 Å². The molecule has 0 radical (unpaired) electrons. The highest BCUT2D eigenvalue weighted by Gasteiger charge is 2.02. The molecule has 0 atom stereocenters. The van der Waals surface area contributed by atoms with Gasteiger partial charge in [0.1, 0.15) is 6.33 Å². The number of ether oxygens (including phenoxy) is 2. The van der Waals surface area contributed by atoms with E-state index in [1.165, 1.54) is 0 Å². The Morgan fingerprint density at radius 2 is 1.41 bits per heavy atom. The maximum absolute atomic E-state index is 5.00. The van der Waals surface area contributed by atoms with E-state index in [4.69, 9.17) is 9.47 Å². The summed E-state index contributed by atoms with van der Waals surface area (Å²) in [5.74, 6) is 1.57. The summed E-state index contributed by atoms with van der Waals surface area (Å²) in [6, 6.07) is 0. The number of aromatic nitrogens is 3. The molecule has 0 aliphatic heterocycles. The standard InChI is InChI=1S/C13H25N5O2S2/c1-19-7-3-5-14-10-21-12-16-9-17-13(18-12)22-11-15-6-4-8-20-2/h9,14-15H,3-8,10-11H2,1-2H3. The molecule has 126 valence electrons. The smallest absolute Gasteiger partial charge is 0.192 e. The third kappa shape index (κ3) is 10.3. The van der Waals surface area contributed by atoms with Crippen LogP contribution in [0.25, 0.3) is 0 Å². The molecule has 0 saturated carbocycles. The molecular weight excluding hydrogens is 322 g/mol. The van der Waals surface area contributed by atoms with Gasteiger partial charge in [0, 0.05) is 39.2 Å². The van der Waals surface area contributed by atoms with Crippen LogP contribution in [0.15, 0.2) is 16.6 Å². The highest BCUT2D eigenvalue weighted by atomic mass is 32.2. The van der Waals surface area contributed by atoms with Gasteiger partial charge in [-0.25, -0.2) is 9.97 Å². The Balaban J connectivity index is 2.13. The zero-order valence-corrected chi connectivity index (χ0v) is 14.8. The summed E-state index contributed by atoms with van der Waals surface area (Å²) in [4.78, 5) is 12.8. The van der Waals surface area contributed by atoms with E-state index < -0.39 is 0 Å². The maximum Gasteiger partial charge on any atom is 0.192 e. The van der Waals surface area contributed by atoms with Crippen molar-refractivity contribution in [1.29, 1.82) is 0 Å². The Morgan fingerprint density at radius 3 is 1.86 bits per heavy atom. The van der Waals surface area contributed by atoms with Crippen molar-refractivity contribution < 1.29 is 9.47 Å². The van der Waals surface area contributed by atoms with Crippen LogP contribution in [0.1, 0.15) is 12.8 Å². The monoisotopic (exact) mass is 347 g/mol. The summed E-state index contributed by atoms with van der Waals surface area (Å²) in [6.45, 7) is 3.42. The number of nitrogens with zero attached hydrogens (tertiary/aromatic N) is 3. The van der Waals surface area contributed by atoms with Crippen molar-refractivity contribution in [2.45, 2.75) is 23.2 Å². The van der Waals surface area contributed by atoms with Crippen LogP contribution >= 0.6 is 23.5 Å². The highest BCUT2D eigenvalue weighted by Crippen LogP contribution is 2.15. The molecule has 0 aliphatic rings. The molecule has 0 fully saturated rings. The highest BCUT2D eigenvalue weighted by molar-refractivity contribution is 7.99. The molecule has 22 heavy (non-hydrogen) atoms. The van der Waals surface area contributed by atoms with Gasteiger partial charge in [-0.2, -0.15) is 4.98 Å². The number of nitrogens with one attached hydrogen (secondary N) is 2. The van der Waals surface area contributed by atoms with Crippen LogP contribution in [0.2, 0.25) is 0 Å². The van der Waals surface area contributed by atoms with E-state index in [0.717, 1.165) is 61.2 Å². The summed E-state index contributed by atoms with van der Waals surface area (Å²) < 4.78 is 9.99. The molecule has 2 N–H and O–H groups in total. The van der Waals surface area contributed by atoms with Gasteiger partial charge in [-0.3, -0.25) is 0 Å². The van der Waals surface area contributed by atoms with E-state index in [9.17, 15) is 0 Å². The molecule has 0 amide bonds. The van der Waals surface area contributed by atoms with E-state index in [-0.39, 0.29) is 0 Å². The number of hydrogen-bond acceptors (Lipinski definition) is 9. The Morgan fingerprint density at radius 1 is 0.909 bits per heavy atom. The Bertz CT molecular complexity index is 356. The van der Waals surface area contributed by atoms with Gasteiger partial charge in [0.05, 0.1) is 0 Å². The first-order valence-corrected chi connectivity index (χ1v) is 9.18. The molecule has 1 aromatic rings. The minimum Gasteiger partial charge on any atom is -0.385 e. The van der Waals surface area contributed by atoms with Gasteiger partial charge >= 0.3 is 0 Å². The summed E-state index contributed by atoms with van der Waals surface area (Å²) in [6.07, 6.45) is 3.57. The fourth-order valence-electron chi connectivity index (χ4n) is 1.46. The van der Waals surface area contributed by atoms with Crippen LogP contribution in [0.4, 0.5) is 0 Å². The zero-order valence-electron chi connectivity index (χ0n) is 13.2. The van der Waals surface area contributed by atoms with Crippen LogP contribution < -0.4 is 10.6 Å². The number of thioether (sulfide) groups is 2.